The molecular weight excluding hydrogens is 1040 g/mol. The van der Waals surface area contributed by atoms with Crippen LogP contribution in [0.3, 0.4) is 0 Å². The summed E-state index contributed by atoms with van der Waals surface area (Å²) in [4.78, 5) is 132. The van der Waals surface area contributed by atoms with E-state index in [4.69, 9.17) is 23.7 Å². The SMILES string of the molecule is COc1ccc(CC[C@H]2OC(=O)[C@@H]3CCCCN3C(=O)C(=O)C(C)(C)COC(=O)/C=C\CCN(C)C(=O)[C@@H]3CCCN3C(=O)[C@H](CO)N(C)C(=O)C(c3ccccc3)NC(=O)C(CO)N(C)C(=O)COc3cccc2c3)cc1OC. The first kappa shape index (κ1) is 61.4. The minimum absolute atomic E-state index is 0.0855. The summed E-state index contributed by atoms with van der Waals surface area (Å²) in [5.41, 5.74) is 0.0428. The van der Waals surface area contributed by atoms with Gasteiger partial charge in [0.15, 0.2) is 18.1 Å². The molecule has 2 saturated heterocycles. The van der Waals surface area contributed by atoms with Crippen LogP contribution >= 0.6 is 0 Å². The number of ether oxygens (including phenoxy) is 5. The largest absolute Gasteiger partial charge is 0.493 e. The van der Waals surface area contributed by atoms with Crippen molar-refractivity contribution in [1.82, 2.24) is 29.8 Å². The Morgan fingerprint density at radius 2 is 1.38 bits per heavy atom. The van der Waals surface area contributed by atoms with Gasteiger partial charge in [-0.25, -0.2) is 9.59 Å². The Morgan fingerprint density at radius 3 is 2.08 bits per heavy atom. The van der Waals surface area contributed by atoms with Crippen LogP contribution < -0.4 is 19.5 Å². The number of cyclic esters (lactones) is 2. The maximum absolute atomic E-state index is 14.5. The third kappa shape index (κ3) is 15.1. The average molecular weight is 1110 g/mol. The van der Waals surface area contributed by atoms with E-state index in [-0.39, 0.29) is 50.2 Å². The van der Waals surface area contributed by atoms with E-state index in [0.29, 0.717) is 49.2 Å². The lowest BCUT2D eigenvalue weighted by Crippen LogP contribution is -2.58. The lowest BCUT2D eigenvalue weighted by Gasteiger charge is -2.36. The van der Waals surface area contributed by atoms with Crippen molar-refractivity contribution in [2.24, 2.45) is 5.41 Å². The Balaban J connectivity index is 1.31. The molecule has 80 heavy (non-hydrogen) atoms. The number of carbonyl (C=O) groups is 9. The number of nitrogens with one attached hydrogen (secondary N) is 1. The van der Waals surface area contributed by atoms with E-state index < -0.39 is 121 Å². The van der Waals surface area contributed by atoms with Crippen LogP contribution in [0.1, 0.15) is 87.6 Å². The number of amides is 6. The molecule has 0 radical (unpaired) electrons. The number of rotatable bonds is 8. The molecule has 2 fully saturated rings. The molecule has 3 aliphatic heterocycles. The van der Waals surface area contributed by atoms with Gasteiger partial charge in [-0.15, -0.1) is 0 Å². The summed E-state index contributed by atoms with van der Waals surface area (Å²) in [5, 5.41) is 23.9. The molecule has 2 unspecified atom stereocenters. The molecule has 3 aromatic rings. The Morgan fingerprint density at radius 1 is 0.688 bits per heavy atom. The smallest absolute Gasteiger partial charge is 0.330 e. The van der Waals surface area contributed by atoms with Gasteiger partial charge in [-0.2, -0.15) is 0 Å². The van der Waals surface area contributed by atoms with Gasteiger partial charge in [0.1, 0.15) is 48.7 Å². The number of hydrogen-bond acceptors (Lipinski definition) is 16. The first-order valence-corrected chi connectivity index (χ1v) is 26.7. The van der Waals surface area contributed by atoms with E-state index >= 15 is 0 Å². The van der Waals surface area contributed by atoms with Gasteiger partial charge in [-0.1, -0.05) is 54.6 Å². The summed E-state index contributed by atoms with van der Waals surface area (Å²) in [6.45, 7) is 0.451. The highest BCUT2D eigenvalue weighted by atomic mass is 16.5. The number of Topliss-reactive ketones (excluding diaryl/α,β-unsaturated/α-hetero) is 1. The van der Waals surface area contributed by atoms with Crippen LogP contribution in [0.5, 0.6) is 17.2 Å². The molecule has 0 saturated carbocycles. The molecule has 22 heteroatoms. The second-order valence-corrected chi connectivity index (χ2v) is 20.7. The first-order valence-electron chi connectivity index (χ1n) is 26.7. The van der Waals surface area contributed by atoms with Crippen LogP contribution in [-0.4, -0.2) is 193 Å². The van der Waals surface area contributed by atoms with Crippen LogP contribution in [0, 0.1) is 5.41 Å². The number of aliphatic hydroxyl groups excluding tert-OH is 2. The minimum Gasteiger partial charge on any atom is -0.493 e. The number of fused-ring (bicyclic) bond motifs is 4. The maximum atomic E-state index is 14.5. The molecule has 0 aliphatic carbocycles. The van der Waals surface area contributed by atoms with E-state index in [1.807, 2.05) is 6.07 Å². The summed E-state index contributed by atoms with van der Waals surface area (Å²) in [6, 6.07) is 13.3. The van der Waals surface area contributed by atoms with Crippen LogP contribution in [0.15, 0.2) is 84.9 Å². The van der Waals surface area contributed by atoms with Crippen molar-refractivity contribution in [2.45, 2.75) is 102 Å². The molecule has 3 heterocycles. The number of aryl methyl sites for hydroxylation is 1. The van der Waals surface area contributed by atoms with Gasteiger partial charge < -0.3 is 63.7 Å². The predicted molar refractivity (Wildman–Crippen MR) is 288 cm³/mol. The first-order chi connectivity index (χ1) is 38.2. The minimum atomic E-state index is -1.55. The van der Waals surface area contributed by atoms with Gasteiger partial charge in [0.2, 0.25) is 29.4 Å². The number of esters is 2. The fourth-order valence-corrected chi connectivity index (χ4v) is 9.84. The highest BCUT2D eigenvalue weighted by molar-refractivity contribution is 6.38. The Hall–Kier alpha value is -7.85. The molecule has 3 aromatic carbocycles. The maximum Gasteiger partial charge on any atom is 0.330 e. The normalized spacial score (nSPS) is 24.4. The molecule has 6 rings (SSSR count). The van der Waals surface area contributed by atoms with Gasteiger partial charge in [0.25, 0.3) is 11.8 Å². The predicted octanol–water partition coefficient (Wildman–Crippen LogP) is 2.72. The van der Waals surface area contributed by atoms with Gasteiger partial charge in [0, 0.05) is 46.9 Å². The number of hydrogen-bond donors (Lipinski definition) is 3. The molecule has 0 spiro atoms. The van der Waals surface area contributed by atoms with Crippen LogP contribution in [0.25, 0.3) is 0 Å². The number of aliphatic hydroxyl groups is 2. The fraction of sp³-hybridized carbons (Fsp3) is 0.500. The number of benzene rings is 3. The van der Waals surface area contributed by atoms with Crippen LogP contribution in [-0.2, 0) is 59.0 Å². The average Bonchev–Trinajstić information content (AvgIpc) is 4.01. The van der Waals surface area contributed by atoms with E-state index in [0.717, 1.165) is 21.4 Å². The molecule has 432 valence electrons. The van der Waals surface area contributed by atoms with Crippen molar-refractivity contribution in [3.63, 3.8) is 0 Å². The second-order valence-electron chi connectivity index (χ2n) is 20.7. The molecule has 3 N–H and O–H groups in total. The van der Waals surface area contributed by atoms with Crippen molar-refractivity contribution in [3.8, 4) is 17.2 Å². The topological polar surface area (TPSA) is 268 Å². The van der Waals surface area contributed by atoms with Gasteiger partial charge in [-0.05, 0) is 106 Å². The van der Waals surface area contributed by atoms with Crippen molar-refractivity contribution >= 4 is 53.2 Å². The number of methoxy groups -OCH3 is 2. The quantitative estimate of drug-likeness (QED) is 0.216. The zero-order chi connectivity index (χ0) is 58.3. The summed E-state index contributed by atoms with van der Waals surface area (Å²) < 4.78 is 28.6. The number of ketones is 1. The monoisotopic (exact) mass is 1110 g/mol. The highest BCUT2D eigenvalue weighted by Gasteiger charge is 2.44. The number of nitrogens with zero attached hydrogens (tertiary/aromatic N) is 5. The molecule has 22 nitrogen and oxygen atoms in total. The van der Waals surface area contributed by atoms with E-state index in [2.05, 4.69) is 5.32 Å². The van der Waals surface area contributed by atoms with Crippen molar-refractivity contribution in [1.29, 1.82) is 0 Å². The lowest BCUT2D eigenvalue weighted by molar-refractivity contribution is -0.165. The molecule has 2 bridgehead atoms. The highest BCUT2D eigenvalue weighted by Crippen LogP contribution is 2.33. The zero-order valence-corrected chi connectivity index (χ0v) is 46.5. The molecule has 3 aliphatic rings. The molecule has 0 aromatic heterocycles. The summed E-state index contributed by atoms with van der Waals surface area (Å²) in [6.07, 6.45) is 4.42. The van der Waals surface area contributed by atoms with Crippen molar-refractivity contribution in [2.75, 3.05) is 81.4 Å². The number of likely N-dealkylation sites (N-methyl/N-ethyl adjacent to an activating group) is 3. The Bertz CT molecular complexity index is 2750. The van der Waals surface area contributed by atoms with Crippen molar-refractivity contribution < 1.29 is 77.0 Å². The molecule has 6 atom stereocenters. The Kier molecular flexibility index (Phi) is 21.7. The van der Waals surface area contributed by atoms with Gasteiger partial charge in [-0.3, -0.25) is 33.6 Å². The fourth-order valence-electron chi connectivity index (χ4n) is 9.84. The van der Waals surface area contributed by atoms with Crippen LogP contribution in [0.4, 0.5) is 0 Å². The standard InChI is InChI=1S/C58H74N6O16/c1-58(2)36-79-49(68)23-12-13-28-60(3)53(71)41-22-16-30-63(41)54(72)44(34-66)62(5)55(73)50(38-17-9-8-10-18-38)59-52(70)43(33-65)61(4)48(67)35-78-40-20-15-19-39(32-40)45(26-24-37-25-27-46(76-6)47(31-37)77-7)80-57(75)42-21-11-14-29-64(42)56(74)51(58)69/h8-10,12,15,17-20,23,25,27,31-32,41-45,50,65-66H,11,13-14,16,21-22,24,26,28-30,33-36H2,1-7H3,(H,59,70)/b23-12-/t41-,42-,43?,44-,45+,50?/m0/s1. The van der Waals surface area contributed by atoms with Gasteiger partial charge in [0.05, 0.1) is 32.8 Å². The lowest BCUT2D eigenvalue weighted by atomic mass is 9.87. The van der Waals surface area contributed by atoms with E-state index in [1.165, 1.54) is 70.0 Å². The number of carbonyl (C=O) groups excluding carboxylic acids is 9. The Labute approximate surface area is 465 Å². The molecular formula is C58H74N6O16. The summed E-state index contributed by atoms with van der Waals surface area (Å²) in [5.74, 6) is -5.86. The third-order valence-corrected chi connectivity index (χ3v) is 14.8. The molecule has 6 amide bonds. The summed E-state index contributed by atoms with van der Waals surface area (Å²) in [7, 11) is 7.11. The van der Waals surface area contributed by atoms with Crippen LogP contribution in [0.2, 0.25) is 0 Å². The summed E-state index contributed by atoms with van der Waals surface area (Å²) >= 11 is 0. The number of piperidine rings is 1. The van der Waals surface area contributed by atoms with E-state index in [9.17, 15) is 53.4 Å². The second kappa shape index (κ2) is 28.3. The third-order valence-electron chi connectivity index (χ3n) is 14.8. The van der Waals surface area contributed by atoms with Crippen molar-refractivity contribution in [3.05, 3.63) is 102 Å². The zero-order valence-electron chi connectivity index (χ0n) is 46.5. The van der Waals surface area contributed by atoms with E-state index in [1.54, 1.807) is 66.7 Å². The van der Waals surface area contributed by atoms with Gasteiger partial charge >= 0.3 is 11.9 Å².